The van der Waals surface area contributed by atoms with Gasteiger partial charge in [0.05, 0.1) is 16.2 Å². The maximum Gasteiger partial charge on any atom is 0.255 e. The fourth-order valence-electron chi connectivity index (χ4n) is 6.46. The molecule has 0 spiro atoms. The highest BCUT2D eigenvalue weighted by Crippen LogP contribution is 2.36. The molecule has 2 aliphatic rings. The first-order valence-corrected chi connectivity index (χ1v) is 16.5. The van der Waals surface area contributed by atoms with Crippen LogP contribution in [0.3, 0.4) is 0 Å². The fourth-order valence-corrected chi connectivity index (χ4v) is 8.15. The van der Waals surface area contributed by atoms with Crippen LogP contribution in [0.4, 0.5) is 0 Å². The third kappa shape index (κ3) is 6.32. The van der Waals surface area contributed by atoms with Gasteiger partial charge in [0.2, 0.25) is 5.91 Å². The summed E-state index contributed by atoms with van der Waals surface area (Å²) in [6.45, 7) is 6.52. The molecule has 1 saturated carbocycles. The van der Waals surface area contributed by atoms with Gasteiger partial charge in [-0.1, -0.05) is 48.5 Å². The third-order valence-corrected chi connectivity index (χ3v) is 10.9. The van der Waals surface area contributed by atoms with Gasteiger partial charge in [-0.3, -0.25) is 9.59 Å². The average molecular weight is 592 g/mol. The summed E-state index contributed by atoms with van der Waals surface area (Å²) in [5, 5.41) is 2.93. The van der Waals surface area contributed by atoms with Gasteiger partial charge in [0.15, 0.2) is 9.84 Å². The number of rotatable bonds is 9. The zero-order chi connectivity index (χ0) is 30.0. The van der Waals surface area contributed by atoms with Gasteiger partial charge in [-0.2, -0.15) is 0 Å². The van der Waals surface area contributed by atoms with Crippen LogP contribution in [0.25, 0.3) is 11.3 Å². The molecule has 224 valence electrons. The normalized spacial score (nSPS) is 23.1. The molecule has 9 heteroatoms. The largest absolute Gasteiger partial charge is 0.461 e. The molecule has 0 bridgehead atoms. The molecule has 1 aliphatic heterocycles. The van der Waals surface area contributed by atoms with Gasteiger partial charge in [-0.15, -0.1) is 0 Å². The van der Waals surface area contributed by atoms with Crippen molar-refractivity contribution in [3.8, 4) is 11.3 Å². The summed E-state index contributed by atoms with van der Waals surface area (Å²) in [4.78, 5) is 31.4. The zero-order valence-electron chi connectivity index (χ0n) is 24.8. The molecule has 42 heavy (non-hydrogen) atoms. The molecular weight excluding hydrogens is 550 g/mol. The maximum absolute atomic E-state index is 13.7. The summed E-state index contributed by atoms with van der Waals surface area (Å²) in [6.07, 6.45) is 2.79. The van der Waals surface area contributed by atoms with Crippen LogP contribution in [0.1, 0.15) is 55.6 Å². The molecule has 3 aromatic rings. The van der Waals surface area contributed by atoms with E-state index >= 15 is 0 Å². The van der Waals surface area contributed by atoms with Crippen molar-refractivity contribution in [3.05, 3.63) is 78.1 Å². The third-order valence-electron chi connectivity index (χ3n) is 9.01. The van der Waals surface area contributed by atoms with Crippen LogP contribution in [0.15, 0.2) is 76.0 Å². The Labute approximate surface area is 249 Å². The van der Waals surface area contributed by atoms with Crippen molar-refractivity contribution < 1.29 is 22.4 Å². The lowest BCUT2D eigenvalue weighted by molar-refractivity contribution is -0.133. The van der Waals surface area contributed by atoms with Crippen molar-refractivity contribution in [1.82, 2.24) is 15.1 Å². The summed E-state index contributed by atoms with van der Waals surface area (Å²) in [7, 11) is -1.45. The Morgan fingerprint density at radius 3 is 2.38 bits per heavy atom. The number of carbonyl (C=O) groups is 2. The molecule has 1 aromatic heterocycles. The van der Waals surface area contributed by atoms with Gasteiger partial charge in [-0.05, 0) is 77.6 Å². The number of sulfone groups is 1. The second kappa shape index (κ2) is 12.4. The Morgan fingerprint density at radius 2 is 1.71 bits per heavy atom. The van der Waals surface area contributed by atoms with Crippen molar-refractivity contribution in [2.45, 2.75) is 75.5 Å². The SMILES string of the molecule is Cc1oc(-c2ccccc2)cc1C(=O)NC1CCN([C@H]2CC[C@@H](N(C)C(C)C)C[C@H]2CS(=O)(=O)c2ccccc2)C1=O. The van der Waals surface area contributed by atoms with Crippen LogP contribution < -0.4 is 5.32 Å². The van der Waals surface area contributed by atoms with E-state index in [2.05, 4.69) is 31.1 Å². The molecule has 1 saturated heterocycles. The van der Waals surface area contributed by atoms with Gasteiger partial charge in [0, 0.05) is 30.2 Å². The maximum atomic E-state index is 13.7. The number of hydrogen-bond acceptors (Lipinski definition) is 6. The van der Waals surface area contributed by atoms with E-state index in [1.807, 2.05) is 35.2 Å². The molecule has 2 aromatic carbocycles. The van der Waals surface area contributed by atoms with Gasteiger partial charge < -0.3 is 19.5 Å². The number of amides is 2. The minimum Gasteiger partial charge on any atom is -0.461 e. The second-order valence-electron chi connectivity index (χ2n) is 11.9. The molecule has 2 amide bonds. The molecule has 5 rings (SSSR count). The van der Waals surface area contributed by atoms with Crippen molar-refractivity contribution in [2.24, 2.45) is 5.92 Å². The van der Waals surface area contributed by atoms with Crippen molar-refractivity contribution in [3.63, 3.8) is 0 Å². The molecule has 4 atom stereocenters. The van der Waals surface area contributed by atoms with Crippen molar-refractivity contribution >= 4 is 21.7 Å². The highest BCUT2D eigenvalue weighted by atomic mass is 32.2. The number of carbonyl (C=O) groups excluding carboxylic acids is 2. The molecule has 2 fully saturated rings. The zero-order valence-corrected chi connectivity index (χ0v) is 25.6. The van der Waals surface area contributed by atoms with Crippen LogP contribution in [0.2, 0.25) is 0 Å². The monoisotopic (exact) mass is 591 g/mol. The first-order chi connectivity index (χ1) is 20.0. The highest BCUT2D eigenvalue weighted by Gasteiger charge is 2.44. The second-order valence-corrected chi connectivity index (χ2v) is 14.0. The summed E-state index contributed by atoms with van der Waals surface area (Å²) in [5.74, 6) is 0.384. The van der Waals surface area contributed by atoms with Crippen LogP contribution in [0.5, 0.6) is 0 Å². The lowest BCUT2D eigenvalue weighted by Crippen LogP contribution is -2.53. The molecule has 0 radical (unpaired) electrons. The van der Waals surface area contributed by atoms with Crippen molar-refractivity contribution in [2.75, 3.05) is 19.3 Å². The summed E-state index contributed by atoms with van der Waals surface area (Å²) < 4.78 is 32.8. The number of hydrogen-bond donors (Lipinski definition) is 1. The number of benzene rings is 2. The minimum absolute atomic E-state index is 0.0125. The Kier molecular flexibility index (Phi) is 8.89. The van der Waals surface area contributed by atoms with E-state index in [1.165, 1.54) is 0 Å². The molecule has 2 heterocycles. The Morgan fingerprint density at radius 1 is 1.05 bits per heavy atom. The molecule has 1 unspecified atom stereocenters. The van der Waals surface area contributed by atoms with Gasteiger partial charge in [0.1, 0.15) is 17.6 Å². The lowest BCUT2D eigenvalue weighted by Gasteiger charge is -2.44. The fraction of sp³-hybridized carbons (Fsp3) is 0.455. The predicted octanol–water partition coefficient (Wildman–Crippen LogP) is 4.94. The molecule has 1 aliphatic carbocycles. The first kappa shape index (κ1) is 30.0. The standard InChI is InChI=1S/C33H41N3O5S/c1-22(2)35(4)26-15-16-30(25(19-26)21-42(39,40)27-13-9-6-10-14-27)36-18-17-29(33(36)38)34-32(37)28-20-31(41-23(28)3)24-11-7-5-8-12-24/h5-14,20,22,25-26,29-30H,15-19,21H2,1-4H3,(H,34,37)/t25-,26+,29?,30-/m0/s1. The van der Waals surface area contributed by atoms with E-state index < -0.39 is 15.9 Å². The highest BCUT2D eigenvalue weighted by molar-refractivity contribution is 7.91. The van der Waals surface area contributed by atoms with E-state index in [-0.39, 0.29) is 35.6 Å². The smallest absolute Gasteiger partial charge is 0.255 e. The first-order valence-electron chi connectivity index (χ1n) is 14.8. The minimum atomic E-state index is -3.54. The number of likely N-dealkylation sites (tertiary alicyclic amines) is 1. The van der Waals surface area contributed by atoms with E-state index in [1.54, 1.807) is 43.3 Å². The lowest BCUT2D eigenvalue weighted by atomic mass is 9.81. The van der Waals surface area contributed by atoms with E-state index in [0.717, 1.165) is 18.4 Å². The number of nitrogens with one attached hydrogen (secondary N) is 1. The van der Waals surface area contributed by atoms with Crippen LogP contribution in [0, 0.1) is 12.8 Å². The van der Waals surface area contributed by atoms with Crippen LogP contribution in [-0.4, -0.2) is 73.5 Å². The van der Waals surface area contributed by atoms with Crippen LogP contribution in [-0.2, 0) is 14.6 Å². The van der Waals surface area contributed by atoms with E-state index in [0.29, 0.717) is 47.4 Å². The van der Waals surface area contributed by atoms with Crippen LogP contribution >= 0.6 is 0 Å². The number of furan rings is 1. The van der Waals surface area contributed by atoms with Gasteiger partial charge >= 0.3 is 0 Å². The Hall–Kier alpha value is -3.43. The Bertz CT molecular complexity index is 1500. The predicted molar refractivity (Wildman–Crippen MR) is 163 cm³/mol. The van der Waals surface area contributed by atoms with Gasteiger partial charge in [-0.25, -0.2) is 8.42 Å². The van der Waals surface area contributed by atoms with E-state index in [4.69, 9.17) is 4.42 Å². The topological polar surface area (TPSA) is 99.9 Å². The summed E-state index contributed by atoms with van der Waals surface area (Å²) >= 11 is 0. The quantitative estimate of drug-likeness (QED) is 0.379. The van der Waals surface area contributed by atoms with Crippen molar-refractivity contribution in [1.29, 1.82) is 0 Å². The molecule has 1 N–H and O–H groups in total. The molecule has 8 nitrogen and oxygen atoms in total. The van der Waals surface area contributed by atoms with Gasteiger partial charge in [0.25, 0.3) is 5.91 Å². The van der Waals surface area contributed by atoms with E-state index in [9.17, 15) is 18.0 Å². The average Bonchev–Trinajstić information content (AvgIpc) is 3.55. The Balaban J connectivity index is 1.32. The molecular formula is C33H41N3O5S. The summed E-state index contributed by atoms with van der Waals surface area (Å²) in [6, 6.07) is 19.6. The number of aryl methyl sites for hydroxylation is 1. The summed E-state index contributed by atoms with van der Waals surface area (Å²) in [5.41, 5.74) is 1.28. The number of nitrogens with zero attached hydrogens (tertiary/aromatic N) is 2.